The zero-order valence-electron chi connectivity index (χ0n) is 16.9. The Kier molecular flexibility index (Phi) is 7.14. The fourth-order valence-electron chi connectivity index (χ4n) is 4.31. The van der Waals surface area contributed by atoms with Crippen LogP contribution in [0.2, 0.25) is 0 Å². The summed E-state index contributed by atoms with van der Waals surface area (Å²) < 4.78 is 0. The summed E-state index contributed by atoms with van der Waals surface area (Å²) in [5.74, 6) is 0. The standard InChI is InChI=1S/C21H37N3OS/c1-21(2,3)17-24-12-11-23(14-18(24)8-13-25)16-20-7-6-19(26-20)15-22-9-4-5-10-22/h6-7,18,25H,4-5,8-17H2,1-3H3/t18-/m1/s1. The highest BCUT2D eigenvalue weighted by Crippen LogP contribution is 2.25. The van der Waals surface area contributed by atoms with Crippen molar-refractivity contribution in [2.75, 3.05) is 45.9 Å². The van der Waals surface area contributed by atoms with Gasteiger partial charge in [-0.05, 0) is 49.9 Å². The maximum Gasteiger partial charge on any atom is 0.0446 e. The van der Waals surface area contributed by atoms with Gasteiger partial charge in [0.05, 0.1) is 0 Å². The highest BCUT2D eigenvalue weighted by Gasteiger charge is 2.29. The van der Waals surface area contributed by atoms with Crippen molar-refractivity contribution in [1.82, 2.24) is 14.7 Å². The van der Waals surface area contributed by atoms with Crippen LogP contribution in [0.3, 0.4) is 0 Å². The molecule has 2 fully saturated rings. The number of hydrogen-bond acceptors (Lipinski definition) is 5. The summed E-state index contributed by atoms with van der Waals surface area (Å²) in [6, 6.07) is 5.15. The van der Waals surface area contributed by atoms with Crippen LogP contribution in [0, 0.1) is 5.41 Å². The molecule has 1 N–H and O–H groups in total. The van der Waals surface area contributed by atoms with Gasteiger partial charge in [0.25, 0.3) is 0 Å². The summed E-state index contributed by atoms with van der Waals surface area (Å²) in [5.41, 5.74) is 0.314. The highest BCUT2D eigenvalue weighted by molar-refractivity contribution is 7.11. The molecule has 26 heavy (non-hydrogen) atoms. The maximum absolute atomic E-state index is 9.50. The zero-order chi connectivity index (χ0) is 18.6. The summed E-state index contributed by atoms with van der Waals surface area (Å²) in [5, 5.41) is 9.50. The van der Waals surface area contributed by atoms with Gasteiger partial charge in [-0.1, -0.05) is 20.8 Å². The molecular weight excluding hydrogens is 342 g/mol. The third kappa shape index (κ3) is 6.03. The van der Waals surface area contributed by atoms with E-state index in [9.17, 15) is 5.11 Å². The number of hydrogen-bond donors (Lipinski definition) is 1. The number of rotatable bonds is 7. The predicted molar refractivity (Wildman–Crippen MR) is 111 cm³/mol. The smallest absolute Gasteiger partial charge is 0.0446 e. The van der Waals surface area contributed by atoms with E-state index in [1.54, 1.807) is 0 Å². The normalized spacial score (nSPS) is 23.8. The van der Waals surface area contributed by atoms with Crippen LogP contribution in [-0.2, 0) is 13.1 Å². The molecule has 2 aliphatic rings. The summed E-state index contributed by atoms with van der Waals surface area (Å²) in [7, 11) is 0. The van der Waals surface area contributed by atoms with Crippen molar-refractivity contribution in [3.05, 3.63) is 21.9 Å². The number of thiophene rings is 1. The molecule has 0 amide bonds. The van der Waals surface area contributed by atoms with Gasteiger partial charge in [0.2, 0.25) is 0 Å². The van der Waals surface area contributed by atoms with Gasteiger partial charge in [-0.15, -0.1) is 11.3 Å². The van der Waals surface area contributed by atoms with E-state index < -0.39 is 0 Å². The lowest BCUT2D eigenvalue weighted by Gasteiger charge is -2.43. The summed E-state index contributed by atoms with van der Waals surface area (Å²) >= 11 is 1.99. The quantitative estimate of drug-likeness (QED) is 0.788. The van der Waals surface area contributed by atoms with Gasteiger partial charge in [0.1, 0.15) is 0 Å². The Bertz CT molecular complexity index is 548. The van der Waals surface area contributed by atoms with Gasteiger partial charge in [0.15, 0.2) is 0 Å². The first-order chi connectivity index (χ1) is 12.4. The molecule has 2 aliphatic heterocycles. The molecule has 5 heteroatoms. The molecule has 1 atom stereocenters. The first-order valence-electron chi connectivity index (χ1n) is 10.3. The Morgan fingerprint density at radius 2 is 1.65 bits per heavy atom. The van der Waals surface area contributed by atoms with E-state index in [2.05, 4.69) is 47.6 Å². The number of likely N-dealkylation sites (tertiary alicyclic amines) is 1. The van der Waals surface area contributed by atoms with Crippen molar-refractivity contribution in [2.24, 2.45) is 5.41 Å². The van der Waals surface area contributed by atoms with E-state index in [1.165, 1.54) is 35.7 Å². The Morgan fingerprint density at radius 3 is 2.27 bits per heavy atom. The molecule has 3 heterocycles. The topological polar surface area (TPSA) is 30.0 Å². The van der Waals surface area contributed by atoms with Gasteiger partial charge in [-0.3, -0.25) is 14.7 Å². The van der Waals surface area contributed by atoms with Gasteiger partial charge in [0, 0.05) is 61.7 Å². The van der Waals surface area contributed by atoms with Crippen LogP contribution in [0.25, 0.3) is 0 Å². The molecule has 4 nitrogen and oxygen atoms in total. The maximum atomic E-state index is 9.50. The van der Waals surface area contributed by atoms with E-state index in [-0.39, 0.29) is 6.61 Å². The van der Waals surface area contributed by atoms with Crippen LogP contribution < -0.4 is 0 Å². The van der Waals surface area contributed by atoms with E-state index in [4.69, 9.17) is 0 Å². The minimum atomic E-state index is 0.290. The van der Waals surface area contributed by atoms with E-state index in [0.29, 0.717) is 11.5 Å². The minimum Gasteiger partial charge on any atom is -0.396 e. The van der Waals surface area contributed by atoms with E-state index >= 15 is 0 Å². The fraction of sp³-hybridized carbons (Fsp3) is 0.810. The summed E-state index contributed by atoms with van der Waals surface area (Å²) in [4.78, 5) is 10.8. The fourth-order valence-corrected chi connectivity index (χ4v) is 5.42. The lowest BCUT2D eigenvalue weighted by atomic mass is 9.94. The molecule has 148 valence electrons. The van der Waals surface area contributed by atoms with Crippen molar-refractivity contribution in [1.29, 1.82) is 0 Å². The SMILES string of the molecule is CC(C)(C)CN1CCN(Cc2ccc(CN3CCCC3)s2)C[C@H]1CCO. The molecule has 3 rings (SSSR count). The third-order valence-corrected chi connectivity index (χ3v) is 6.56. The average molecular weight is 380 g/mol. The lowest BCUT2D eigenvalue weighted by Crippen LogP contribution is -2.54. The molecule has 0 bridgehead atoms. The number of piperazine rings is 1. The molecule has 0 spiro atoms. The Labute approximate surface area is 163 Å². The molecule has 0 aliphatic carbocycles. The van der Waals surface area contributed by atoms with Crippen molar-refractivity contribution < 1.29 is 5.11 Å². The second-order valence-corrected chi connectivity index (χ2v) is 10.5. The molecule has 0 radical (unpaired) electrons. The molecule has 0 unspecified atom stereocenters. The monoisotopic (exact) mass is 379 g/mol. The van der Waals surface area contributed by atoms with Crippen molar-refractivity contribution in [3.63, 3.8) is 0 Å². The summed E-state index contributed by atoms with van der Waals surface area (Å²) in [6.45, 7) is 16.4. The van der Waals surface area contributed by atoms with E-state index in [0.717, 1.165) is 45.7 Å². The number of nitrogens with zero attached hydrogens (tertiary/aromatic N) is 3. The Balaban J connectivity index is 1.52. The molecule has 1 aromatic rings. The lowest BCUT2D eigenvalue weighted by molar-refractivity contribution is 0.0344. The van der Waals surface area contributed by atoms with Crippen molar-refractivity contribution in [2.45, 2.75) is 59.2 Å². The van der Waals surface area contributed by atoms with Gasteiger partial charge in [-0.25, -0.2) is 0 Å². The van der Waals surface area contributed by atoms with Crippen LogP contribution >= 0.6 is 11.3 Å². The highest BCUT2D eigenvalue weighted by atomic mass is 32.1. The number of aliphatic hydroxyl groups excluding tert-OH is 1. The molecule has 2 saturated heterocycles. The van der Waals surface area contributed by atoms with Gasteiger partial charge in [-0.2, -0.15) is 0 Å². The second-order valence-electron chi connectivity index (χ2n) is 9.28. The molecular formula is C21H37N3OS. The largest absolute Gasteiger partial charge is 0.396 e. The van der Waals surface area contributed by atoms with Crippen molar-refractivity contribution >= 4 is 11.3 Å². The van der Waals surface area contributed by atoms with Crippen LogP contribution in [0.5, 0.6) is 0 Å². The van der Waals surface area contributed by atoms with Crippen LogP contribution in [0.15, 0.2) is 12.1 Å². The van der Waals surface area contributed by atoms with Gasteiger partial charge < -0.3 is 5.11 Å². The second kappa shape index (κ2) is 9.16. The molecule has 0 saturated carbocycles. The minimum absolute atomic E-state index is 0.290. The Morgan fingerprint density at radius 1 is 1.00 bits per heavy atom. The Hall–Kier alpha value is -0.460. The van der Waals surface area contributed by atoms with Crippen LogP contribution in [0.1, 0.15) is 49.8 Å². The molecule has 0 aromatic carbocycles. The average Bonchev–Trinajstić information content (AvgIpc) is 3.22. The van der Waals surface area contributed by atoms with Crippen molar-refractivity contribution in [3.8, 4) is 0 Å². The summed E-state index contributed by atoms with van der Waals surface area (Å²) in [6.07, 6.45) is 3.61. The third-order valence-electron chi connectivity index (χ3n) is 5.50. The van der Waals surface area contributed by atoms with E-state index in [1.807, 2.05) is 11.3 Å². The van der Waals surface area contributed by atoms with Gasteiger partial charge >= 0.3 is 0 Å². The molecule has 1 aromatic heterocycles. The first kappa shape index (κ1) is 20.3. The van der Waals surface area contributed by atoms with Crippen LogP contribution in [-0.4, -0.2) is 71.7 Å². The predicted octanol–water partition coefficient (Wildman–Crippen LogP) is 3.26. The van der Waals surface area contributed by atoms with Crippen LogP contribution in [0.4, 0.5) is 0 Å². The first-order valence-corrected chi connectivity index (χ1v) is 11.1. The zero-order valence-corrected chi connectivity index (χ0v) is 17.7. The number of aliphatic hydroxyl groups is 1.